The van der Waals surface area contributed by atoms with Crippen LogP contribution in [0.4, 0.5) is 0 Å². The fourth-order valence-electron chi connectivity index (χ4n) is 8.34. The van der Waals surface area contributed by atoms with Gasteiger partial charge in [-0.2, -0.15) is 0 Å². The molecule has 3 nitrogen and oxygen atoms in total. The van der Waals surface area contributed by atoms with Crippen LogP contribution in [0.2, 0.25) is 0 Å². The molecular formula is C52H34O3P2. The molecule has 0 fully saturated rings. The van der Waals surface area contributed by atoms with Crippen LogP contribution in [-0.2, 0) is 0 Å². The van der Waals surface area contributed by atoms with Crippen LogP contribution < -0.4 is 20.4 Å². The van der Waals surface area contributed by atoms with Gasteiger partial charge in [0.25, 0.3) is 0 Å². The van der Waals surface area contributed by atoms with Crippen LogP contribution in [0.15, 0.2) is 215 Å². The first-order valence-corrected chi connectivity index (χ1v) is 21.5. The minimum atomic E-state index is -1.97. The van der Waals surface area contributed by atoms with E-state index in [4.69, 9.17) is 12.9 Å². The summed E-state index contributed by atoms with van der Waals surface area (Å²) in [7, 11) is -2.94. The summed E-state index contributed by atoms with van der Waals surface area (Å²) in [6.07, 6.45) is 0. The van der Waals surface area contributed by atoms with Gasteiger partial charge in [-0.05, 0) is 85.1 Å². The van der Waals surface area contributed by atoms with E-state index < -0.39 is 16.2 Å². The molecule has 0 spiro atoms. The lowest BCUT2D eigenvalue weighted by molar-refractivity contribution is 0.500. The van der Waals surface area contributed by atoms with Crippen molar-refractivity contribution in [2.45, 2.75) is 0 Å². The predicted molar refractivity (Wildman–Crippen MR) is 243 cm³/mol. The van der Waals surface area contributed by atoms with Crippen molar-refractivity contribution in [3.8, 4) is 16.9 Å². The molecule has 0 N–H and O–H groups in total. The summed E-state index contributed by atoms with van der Waals surface area (Å²) in [5.74, 6) is 0.708. The van der Waals surface area contributed by atoms with Crippen LogP contribution in [0, 0.1) is 0 Å². The molecule has 0 saturated carbocycles. The van der Waals surface area contributed by atoms with Crippen LogP contribution in [0.1, 0.15) is 0 Å². The second-order valence-corrected chi connectivity index (χ2v) is 17.3. The Balaban J connectivity index is 1.22. The van der Waals surface area contributed by atoms with Crippen LogP contribution in [0.3, 0.4) is 0 Å². The highest BCUT2D eigenvalue weighted by atomic mass is 31.1. The van der Waals surface area contributed by atoms with E-state index >= 15 is 0 Å². The van der Waals surface area contributed by atoms with Crippen LogP contribution in [0.25, 0.3) is 76.2 Å². The van der Waals surface area contributed by atoms with Crippen LogP contribution in [0.5, 0.6) is 5.75 Å². The Labute approximate surface area is 331 Å². The molecule has 1 heterocycles. The van der Waals surface area contributed by atoms with E-state index in [1.165, 1.54) is 26.7 Å². The van der Waals surface area contributed by atoms with Crippen molar-refractivity contribution in [3.63, 3.8) is 0 Å². The third kappa shape index (κ3) is 5.87. The number of hydrogen-bond donors (Lipinski definition) is 0. The molecule has 0 saturated heterocycles. The van der Waals surface area contributed by atoms with Gasteiger partial charge in [-0.15, -0.1) is 0 Å². The zero-order valence-electron chi connectivity index (χ0n) is 30.7. The number of fused-ring (bicyclic) bond motifs is 9. The van der Waals surface area contributed by atoms with Crippen molar-refractivity contribution in [1.29, 1.82) is 0 Å². The lowest BCUT2D eigenvalue weighted by atomic mass is 9.93. The van der Waals surface area contributed by atoms with E-state index in [2.05, 4.69) is 206 Å². The predicted octanol–water partition coefficient (Wildman–Crippen LogP) is 14.2. The highest BCUT2D eigenvalue weighted by Gasteiger charge is 2.26. The van der Waals surface area contributed by atoms with E-state index in [1.54, 1.807) is 0 Å². The number of rotatable bonds is 6. The SMILES string of the molecule is c1ccc(P(c2ccccc2)c2ccc3ccccc3c2-c2c(Op3oc4ccc5ccccc5c4c4c(ccc5ccccc54)o3)ccc3ccccc23)cc1. The summed E-state index contributed by atoms with van der Waals surface area (Å²) in [5.41, 5.74) is 3.65. The second-order valence-electron chi connectivity index (χ2n) is 14.2. The van der Waals surface area contributed by atoms with Crippen molar-refractivity contribution in [2.24, 2.45) is 0 Å². The van der Waals surface area contributed by atoms with E-state index in [0.717, 1.165) is 65.4 Å². The summed E-state index contributed by atoms with van der Waals surface area (Å²) in [4.78, 5) is 0. The second kappa shape index (κ2) is 14.1. The van der Waals surface area contributed by atoms with Gasteiger partial charge in [0.1, 0.15) is 16.9 Å². The highest BCUT2D eigenvalue weighted by Crippen LogP contribution is 2.49. The maximum absolute atomic E-state index is 7.19. The largest absolute Gasteiger partial charge is 0.453 e. The molecule has 0 bridgehead atoms. The van der Waals surface area contributed by atoms with Gasteiger partial charge in [-0.3, -0.25) is 0 Å². The summed E-state index contributed by atoms with van der Waals surface area (Å²) in [6, 6.07) is 73.3. The Bertz CT molecular complexity index is 3200. The summed E-state index contributed by atoms with van der Waals surface area (Å²) in [5, 5.41) is 14.9. The molecule has 270 valence electrons. The molecule has 57 heavy (non-hydrogen) atoms. The van der Waals surface area contributed by atoms with E-state index in [9.17, 15) is 0 Å². The van der Waals surface area contributed by atoms with Crippen LogP contribution in [-0.4, -0.2) is 0 Å². The van der Waals surface area contributed by atoms with Gasteiger partial charge in [0.2, 0.25) is 0 Å². The normalized spacial score (nSPS) is 11.7. The molecule has 0 unspecified atom stereocenters. The topological polar surface area (TPSA) is 35.5 Å². The quantitative estimate of drug-likeness (QED) is 0.158. The molecule has 0 radical (unpaired) electrons. The first kappa shape index (κ1) is 33.7. The smallest absolute Gasteiger partial charge is 0.390 e. The number of benzene rings is 10. The summed E-state index contributed by atoms with van der Waals surface area (Å²) in [6.45, 7) is 0. The maximum Gasteiger partial charge on any atom is 0.453 e. The van der Waals surface area contributed by atoms with Gasteiger partial charge >= 0.3 is 8.24 Å². The van der Waals surface area contributed by atoms with Crippen molar-refractivity contribution in [2.75, 3.05) is 0 Å². The molecule has 0 aliphatic rings. The Kier molecular flexibility index (Phi) is 8.36. The molecule has 11 rings (SSSR count). The Hall–Kier alpha value is -6.63. The molecule has 1 aromatic heterocycles. The molecule has 0 atom stereocenters. The Morgan fingerprint density at radius 3 is 1.28 bits per heavy atom. The average Bonchev–Trinajstić information content (AvgIpc) is 3.44. The Morgan fingerprint density at radius 2 is 0.754 bits per heavy atom. The first-order chi connectivity index (χ1) is 28.3. The van der Waals surface area contributed by atoms with Crippen molar-refractivity contribution in [1.82, 2.24) is 0 Å². The van der Waals surface area contributed by atoms with Crippen molar-refractivity contribution < 1.29 is 12.9 Å². The van der Waals surface area contributed by atoms with E-state index in [0.29, 0.717) is 5.75 Å². The third-order valence-corrected chi connectivity index (χ3v) is 14.4. The minimum absolute atomic E-state index is 0.708. The number of hydrogen-bond acceptors (Lipinski definition) is 3. The fraction of sp³-hybridized carbons (Fsp3) is 0. The highest BCUT2D eigenvalue weighted by molar-refractivity contribution is 7.80. The Morgan fingerprint density at radius 1 is 0.351 bits per heavy atom. The lowest BCUT2D eigenvalue weighted by Crippen LogP contribution is -2.22. The molecule has 11 aromatic rings. The first-order valence-electron chi connectivity index (χ1n) is 19.1. The average molecular weight is 769 g/mol. The maximum atomic E-state index is 7.19. The lowest BCUT2D eigenvalue weighted by Gasteiger charge is -2.25. The zero-order valence-corrected chi connectivity index (χ0v) is 32.5. The monoisotopic (exact) mass is 768 g/mol. The van der Waals surface area contributed by atoms with Gasteiger partial charge < -0.3 is 12.9 Å². The minimum Gasteiger partial charge on any atom is -0.390 e. The van der Waals surface area contributed by atoms with E-state index in [-0.39, 0.29) is 0 Å². The van der Waals surface area contributed by atoms with Gasteiger partial charge in [-0.1, -0.05) is 188 Å². The van der Waals surface area contributed by atoms with Crippen molar-refractivity contribution >= 4 is 97.1 Å². The molecule has 5 heteroatoms. The molecule has 0 aliphatic heterocycles. The summed E-state index contributed by atoms with van der Waals surface area (Å²) < 4.78 is 21.1. The standard InChI is InChI=1S/C52H34O3P2/c1-3-19-39(20-4-1)56(40-21-5-2-6-22-40)48-34-30-38-18-10-14-26-44(38)52(48)51-43-25-13-9-17-37(43)29-33-47(51)55-57-53-45-31-27-35-15-7-11-23-41(35)49(45)50-42-24-12-8-16-36(42)28-32-46(50)54-57/h1-34H. The van der Waals surface area contributed by atoms with Gasteiger partial charge in [0.15, 0.2) is 0 Å². The fourth-order valence-corrected chi connectivity index (χ4v) is 11.9. The van der Waals surface area contributed by atoms with Gasteiger partial charge in [0.05, 0.1) is 0 Å². The molecule has 0 amide bonds. The van der Waals surface area contributed by atoms with Crippen molar-refractivity contribution in [3.05, 3.63) is 206 Å². The third-order valence-electron chi connectivity index (χ3n) is 10.9. The molecular weight excluding hydrogens is 735 g/mol. The zero-order chi connectivity index (χ0) is 37.7. The van der Waals surface area contributed by atoms with Gasteiger partial charge in [0, 0.05) is 21.9 Å². The van der Waals surface area contributed by atoms with Crippen LogP contribution >= 0.6 is 16.2 Å². The molecule has 0 aliphatic carbocycles. The van der Waals surface area contributed by atoms with E-state index in [1.807, 2.05) is 0 Å². The van der Waals surface area contributed by atoms with Gasteiger partial charge in [-0.25, -0.2) is 0 Å². The summed E-state index contributed by atoms with van der Waals surface area (Å²) >= 11 is 0. The molecule has 10 aromatic carbocycles.